The molecule has 0 saturated heterocycles. The lowest BCUT2D eigenvalue weighted by atomic mass is 10.1. The zero-order valence-electron chi connectivity index (χ0n) is 14.3. The van der Waals surface area contributed by atoms with Crippen LogP contribution >= 0.6 is 0 Å². The summed E-state index contributed by atoms with van der Waals surface area (Å²) < 4.78 is 6.56. The highest BCUT2D eigenvalue weighted by atomic mass is 16.4. The number of benzene rings is 2. The van der Waals surface area contributed by atoms with E-state index in [2.05, 4.69) is 17.4 Å². The van der Waals surface area contributed by atoms with E-state index >= 15 is 0 Å². The zero-order valence-corrected chi connectivity index (χ0v) is 14.3. The second-order valence-electron chi connectivity index (χ2n) is 6.08. The molecular weight excluding hydrogens is 316 g/mol. The van der Waals surface area contributed by atoms with Gasteiger partial charge in [0.05, 0.1) is 5.52 Å². The molecule has 1 amide bonds. The van der Waals surface area contributed by atoms with Gasteiger partial charge in [0.1, 0.15) is 0 Å². The quantitative estimate of drug-likeness (QED) is 0.723. The van der Waals surface area contributed by atoms with E-state index < -0.39 is 5.76 Å². The molecule has 3 aromatic rings. The van der Waals surface area contributed by atoms with Crippen molar-refractivity contribution in [2.75, 3.05) is 5.32 Å². The summed E-state index contributed by atoms with van der Waals surface area (Å²) in [6, 6.07) is 15.3. The van der Waals surface area contributed by atoms with Gasteiger partial charge in [0.15, 0.2) is 5.58 Å². The molecule has 0 radical (unpaired) electrons. The molecule has 128 valence electrons. The number of oxazole rings is 1. The van der Waals surface area contributed by atoms with Gasteiger partial charge in [-0.05, 0) is 37.5 Å². The summed E-state index contributed by atoms with van der Waals surface area (Å²) in [7, 11) is 1.64. The fourth-order valence-corrected chi connectivity index (χ4v) is 2.67. The van der Waals surface area contributed by atoms with E-state index in [1.807, 2.05) is 25.1 Å². The van der Waals surface area contributed by atoms with Crippen molar-refractivity contribution in [3.8, 4) is 0 Å². The summed E-state index contributed by atoms with van der Waals surface area (Å²) in [5, 5.41) is 2.81. The van der Waals surface area contributed by atoms with Gasteiger partial charge in [0.25, 0.3) is 0 Å². The maximum absolute atomic E-state index is 12.2. The summed E-state index contributed by atoms with van der Waals surface area (Å²) in [5.41, 5.74) is 4.00. The number of fused-ring (bicyclic) bond motifs is 1. The summed E-state index contributed by atoms with van der Waals surface area (Å²) in [6.45, 7) is 1.95. The molecule has 0 aliphatic heterocycles. The fourth-order valence-electron chi connectivity index (χ4n) is 2.67. The maximum Gasteiger partial charge on any atom is 0.419 e. The Morgan fingerprint density at radius 2 is 1.96 bits per heavy atom. The van der Waals surface area contributed by atoms with Crippen LogP contribution in [-0.4, -0.2) is 10.5 Å². The summed E-state index contributed by atoms with van der Waals surface area (Å²) in [5.74, 6) is -0.613. The van der Waals surface area contributed by atoms with E-state index in [0.29, 0.717) is 16.8 Å². The monoisotopic (exact) mass is 336 g/mol. The fraction of sp³-hybridized carbons (Fsp3) is 0.200. The molecule has 0 fully saturated rings. The molecular formula is C20H20N2O3. The van der Waals surface area contributed by atoms with Crippen LogP contribution in [0.2, 0.25) is 0 Å². The Labute approximate surface area is 145 Å². The van der Waals surface area contributed by atoms with Gasteiger partial charge in [0, 0.05) is 24.9 Å². The molecule has 0 aliphatic rings. The minimum atomic E-state index is -0.421. The Kier molecular flexibility index (Phi) is 4.84. The summed E-state index contributed by atoms with van der Waals surface area (Å²) >= 11 is 0. The number of hydrogen-bond donors (Lipinski definition) is 1. The lowest BCUT2D eigenvalue weighted by molar-refractivity contribution is -0.112. The second-order valence-corrected chi connectivity index (χ2v) is 6.08. The van der Waals surface area contributed by atoms with Gasteiger partial charge in [-0.1, -0.05) is 35.9 Å². The SMILES string of the molecule is C/C(=C\C(=O)Nc1ccc2c(c1)oc(=O)n2C)CCc1ccccc1. The van der Waals surface area contributed by atoms with E-state index in [9.17, 15) is 9.59 Å². The lowest BCUT2D eigenvalue weighted by Crippen LogP contribution is -2.09. The molecule has 1 N–H and O–H groups in total. The minimum absolute atomic E-state index is 0.191. The summed E-state index contributed by atoms with van der Waals surface area (Å²) in [4.78, 5) is 23.7. The van der Waals surface area contributed by atoms with Crippen LogP contribution < -0.4 is 11.1 Å². The van der Waals surface area contributed by atoms with Crippen molar-refractivity contribution in [1.29, 1.82) is 0 Å². The Hall–Kier alpha value is -3.08. The highest BCUT2D eigenvalue weighted by Gasteiger charge is 2.07. The third kappa shape index (κ3) is 4.07. The van der Waals surface area contributed by atoms with E-state index in [1.165, 1.54) is 10.1 Å². The number of anilines is 1. The smallest absolute Gasteiger partial charge is 0.408 e. The standard InChI is InChI=1S/C20H20N2O3/c1-14(8-9-15-6-4-3-5-7-15)12-19(23)21-16-10-11-17-18(13-16)25-20(24)22(17)2/h3-7,10-13H,8-9H2,1-2H3,(H,21,23)/b14-12+. The number of hydrogen-bond acceptors (Lipinski definition) is 3. The van der Waals surface area contributed by atoms with Crippen molar-refractivity contribution >= 4 is 22.7 Å². The lowest BCUT2D eigenvalue weighted by Gasteiger charge is -2.05. The van der Waals surface area contributed by atoms with E-state index in [0.717, 1.165) is 18.4 Å². The van der Waals surface area contributed by atoms with E-state index in [-0.39, 0.29) is 5.91 Å². The molecule has 1 aromatic heterocycles. The molecule has 0 atom stereocenters. The largest absolute Gasteiger partial charge is 0.419 e. The summed E-state index contributed by atoms with van der Waals surface area (Å²) in [6.07, 6.45) is 3.33. The molecule has 5 nitrogen and oxygen atoms in total. The minimum Gasteiger partial charge on any atom is -0.408 e. The van der Waals surface area contributed by atoms with E-state index in [1.54, 1.807) is 31.3 Å². The van der Waals surface area contributed by atoms with Crippen LogP contribution in [0.25, 0.3) is 11.1 Å². The van der Waals surface area contributed by atoms with Crippen LogP contribution in [-0.2, 0) is 18.3 Å². The number of aryl methyl sites for hydroxylation is 2. The molecule has 0 unspecified atom stereocenters. The van der Waals surface area contributed by atoms with E-state index in [4.69, 9.17) is 4.42 Å². The number of carbonyl (C=O) groups is 1. The average Bonchev–Trinajstić information content (AvgIpc) is 2.87. The van der Waals surface area contributed by atoms with Gasteiger partial charge in [-0.2, -0.15) is 0 Å². The zero-order chi connectivity index (χ0) is 17.8. The van der Waals surface area contributed by atoms with Crippen molar-refractivity contribution in [1.82, 2.24) is 4.57 Å². The maximum atomic E-state index is 12.2. The van der Waals surface area contributed by atoms with Crippen LogP contribution in [0.4, 0.5) is 5.69 Å². The molecule has 5 heteroatoms. The molecule has 3 rings (SSSR count). The van der Waals surface area contributed by atoms with Crippen LogP contribution in [0.15, 0.2) is 69.4 Å². The van der Waals surface area contributed by atoms with Crippen LogP contribution in [0, 0.1) is 0 Å². The van der Waals surface area contributed by atoms with Gasteiger partial charge in [-0.3, -0.25) is 9.36 Å². The van der Waals surface area contributed by atoms with Gasteiger partial charge in [0.2, 0.25) is 5.91 Å². The highest BCUT2D eigenvalue weighted by molar-refractivity contribution is 6.00. The van der Waals surface area contributed by atoms with Gasteiger partial charge in [-0.15, -0.1) is 0 Å². The molecule has 1 heterocycles. The number of aromatic nitrogens is 1. The Balaban J connectivity index is 1.64. The highest BCUT2D eigenvalue weighted by Crippen LogP contribution is 2.18. The molecule has 0 saturated carbocycles. The van der Waals surface area contributed by atoms with Gasteiger partial charge in [-0.25, -0.2) is 4.79 Å². The van der Waals surface area contributed by atoms with Crippen molar-refractivity contribution < 1.29 is 9.21 Å². The van der Waals surface area contributed by atoms with Crippen LogP contribution in [0.3, 0.4) is 0 Å². The number of carbonyl (C=O) groups excluding carboxylic acids is 1. The molecule has 0 bridgehead atoms. The van der Waals surface area contributed by atoms with Crippen LogP contribution in [0.1, 0.15) is 18.9 Å². The second kappa shape index (κ2) is 7.21. The van der Waals surface area contributed by atoms with Gasteiger partial charge < -0.3 is 9.73 Å². The predicted octanol–water partition coefficient (Wildman–Crippen LogP) is 3.65. The third-order valence-electron chi connectivity index (χ3n) is 4.09. The first kappa shape index (κ1) is 16.8. The Morgan fingerprint density at radius 1 is 1.20 bits per heavy atom. The van der Waals surface area contributed by atoms with Crippen molar-refractivity contribution in [2.24, 2.45) is 7.05 Å². The molecule has 0 spiro atoms. The number of allylic oxidation sites excluding steroid dienone is 1. The molecule has 25 heavy (non-hydrogen) atoms. The van der Waals surface area contributed by atoms with Crippen molar-refractivity contribution in [3.05, 3.63) is 76.3 Å². The first-order valence-corrected chi connectivity index (χ1v) is 8.14. The third-order valence-corrected chi connectivity index (χ3v) is 4.09. The first-order valence-electron chi connectivity index (χ1n) is 8.14. The van der Waals surface area contributed by atoms with Gasteiger partial charge >= 0.3 is 5.76 Å². The van der Waals surface area contributed by atoms with Crippen molar-refractivity contribution in [3.63, 3.8) is 0 Å². The predicted molar refractivity (Wildman–Crippen MR) is 98.6 cm³/mol. The van der Waals surface area contributed by atoms with Crippen molar-refractivity contribution in [2.45, 2.75) is 19.8 Å². The topological polar surface area (TPSA) is 64.2 Å². The number of nitrogens with zero attached hydrogens (tertiary/aromatic N) is 1. The number of nitrogens with one attached hydrogen (secondary N) is 1. The van der Waals surface area contributed by atoms with Crippen LogP contribution in [0.5, 0.6) is 0 Å². The average molecular weight is 336 g/mol. The number of rotatable bonds is 5. The normalized spacial score (nSPS) is 11.7. The Bertz CT molecular complexity index is 981. The Morgan fingerprint density at radius 3 is 2.72 bits per heavy atom. The molecule has 2 aromatic carbocycles. The molecule has 0 aliphatic carbocycles. The number of amides is 1. The first-order chi connectivity index (χ1) is 12.0.